The molecule has 7 heteroatoms. The van der Waals surface area contributed by atoms with Crippen LogP contribution in [0.25, 0.3) is 0 Å². The number of pyridine rings is 1. The molecule has 2 N–H and O–H groups in total. The molecular formula is C14H12ClFIN3O. The Morgan fingerprint density at radius 2 is 2.19 bits per heavy atom. The van der Waals surface area contributed by atoms with E-state index in [0.717, 1.165) is 15.8 Å². The van der Waals surface area contributed by atoms with Gasteiger partial charge in [0, 0.05) is 15.1 Å². The van der Waals surface area contributed by atoms with Crippen LogP contribution in [-0.4, -0.2) is 17.4 Å². The number of carbonyl (C=O) groups excluding carboxylic acids is 1. The molecule has 4 nitrogen and oxygen atoms in total. The zero-order valence-corrected chi connectivity index (χ0v) is 14.0. The van der Waals surface area contributed by atoms with Gasteiger partial charge in [0.2, 0.25) is 0 Å². The maximum atomic E-state index is 13.3. The second-order valence-electron chi connectivity index (χ2n) is 4.16. The molecule has 2 aromatic rings. The van der Waals surface area contributed by atoms with Crippen LogP contribution in [0.2, 0.25) is 5.02 Å². The van der Waals surface area contributed by atoms with Crippen LogP contribution in [0.15, 0.2) is 30.5 Å². The molecule has 1 aromatic heterocycles. The predicted molar refractivity (Wildman–Crippen MR) is 90.5 cm³/mol. The third-order valence-electron chi connectivity index (χ3n) is 2.62. The van der Waals surface area contributed by atoms with E-state index < -0.39 is 11.7 Å². The molecule has 0 bridgehead atoms. The lowest BCUT2D eigenvalue weighted by Gasteiger charge is -2.11. The molecule has 0 aliphatic heterocycles. The molecule has 1 aromatic carbocycles. The predicted octanol–water partition coefficient (Wildman–Crippen LogP) is 4.16. The standard InChI is InChI=1S/C14H12ClFIN3O/c1-2-18-13-10(6-9(16)7-19-13)14(21)20-12-4-3-8(15)5-11(12)17/h3-7H,2H2,1H3,(H,18,19)(H,20,21). The summed E-state index contributed by atoms with van der Waals surface area (Å²) in [5.74, 6) is -0.647. The van der Waals surface area contributed by atoms with E-state index in [-0.39, 0.29) is 5.56 Å². The fraction of sp³-hybridized carbons (Fsp3) is 0.143. The molecule has 0 aliphatic carbocycles. The number of anilines is 2. The first-order valence-corrected chi connectivity index (χ1v) is 7.62. The Morgan fingerprint density at radius 3 is 2.86 bits per heavy atom. The van der Waals surface area contributed by atoms with Gasteiger partial charge in [0.15, 0.2) is 0 Å². The monoisotopic (exact) mass is 419 g/mol. The SMILES string of the molecule is CCNc1ncc(F)cc1C(=O)Nc1ccc(Cl)cc1I. The quantitative estimate of drug-likeness (QED) is 0.732. The molecule has 0 saturated heterocycles. The van der Waals surface area contributed by atoms with Crippen molar-refractivity contribution < 1.29 is 9.18 Å². The number of rotatable bonds is 4. The minimum Gasteiger partial charge on any atom is -0.370 e. The van der Waals surface area contributed by atoms with Crippen molar-refractivity contribution in [3.63, 3.8) is 0 Å². The molecule has 0 atom stereocenters. The number of nitrogens with zero attached hydrogens (tertiary/aromatic N) is 1. The summed E-state index contributed by atoms with van der Waals surface area (Å²) in [6, 6.07) is 6.26. The molecule has 110 valence electrons. The summed E-state index contributed by atoms with van der Waals surface area (Å²) in [6.07, 6.45) is 1.07. The van der Waals surface area contributed by atoms with E-state index in [2.05, 4.69) is 38.2 Å². The van der Waals surface area contributed by atoms with Gasteiger partial charge in [-0.25, -0.2) is 9.37 Å². The van der Waals surface area contributed by atoms with E-state index in [1.807, 2.05) is 6.92 Å². The Labute approximate surface area is 140 Å². The maximum absolute atomic E-state index is 13.3. The summed E-state index contributed by atoms with van der Waals surface area (Å²) in [4.78, 5) is 16.2. The van der Waals surface area contributed by atoms with E-state index in [4.69, 9.17) is 11.6 Å². The largest absolute Gasteiger partial charge is 0.370 e. The number of carbonyl (C=O) groups is 1. The minimum atomic E-state index is -0.562. The Morgan fingerprint density at radius 1 is 1.43 bits per heavy atom. The highest BCUT2D eigenvalue weighted by atomic mass is 127. The van der Waals surface area contributed by atoms with E-state index >= 15 is 0 Å². The number of halogens is 3. The van der Waals surface area contributed by atoms with Gasteiger partial charge in [0.25, 0.3) is 5.91 Å². The zero-order chi connectivity index (χ0) is 15.4. The van der Waals surface area contributed by atoms with Crippen LogP contribution in [-0.2, 0) is 0 Å². The highest BCUT2D eigenvalue weighted by molar-refractivity contribution is 14.1. The van der Waals surface area contributed by atoms with E-state index in [1.54, 1.807) is 18.2 Å². The van der Waals surface area contributed by atoms with Crippen LogP contribution in [0, 0.1) is 9.39 Å². The van der Waals surface area contributed by atoms with Gasteiger partial charge in [-0.15, -0.1) is 0 Å². The molecule has 0 unspecified atom stereocenters. The number of nitrogens with one attached hydrogen (secondary N) is 2. The lowest BCUT2D eigenvalue weighted by Crippen LogP contribution is -2.16. The first-order chi connectivity index (χ1) is 10.0. The van der Waals surface area contributed by atoms with Crippen LogP contribution in [0.5, 0.6) is 0 Å². The summed E-state index contributed by atoms with van der Waals surface area (Å²) in [5, 5.41) is 6.24. The summed E-state index contributed by atoms with van der Waals surface area (Å²) in [5.41, 5.74) is 0.763. The maximum Gasteiger partial charge on any atom is 0.259 e. The zero-order valence-electron chi connectivity index (χ0n) is 11.1. The number of benzene rings is 1. The van der Waals surface area contributed by atoms with Crippen molar-refractivity contribution >= 4 is 51.6 Å². The van der Waals surface area contributed by atoms with E-state index in [0.29, 0.717) is 23.1 Å². The van der Waals surface area contributed by atoms with E-state index in [9.17, 15) is 9.18 Å². The third kappa shape index (κ3) is 4.04. The summed E-state index contributed by atoms with van der Waals surface area (Å²) in [7, 11) is 0. The molecular weight excluding hydrogens is 408 g/mol. The second-order valence-corrected chi connectivity index (χ2v) is 5.76. The summed E-state index contributed by atoms with van der Waals surface area (Å²) >= 11 is 7.94. The van der Waals surface area contributed by atoms with Crippen LogP contribution in [0.3, 0.4) is 0 Å². The third-order valence-corrected chi connectivity index (χ3v) is 3.75. The molecule has 1 amide bonds. The van der Waals surface area contributed by atoms with Crippen LogP contribution < -0.4 is 10.6 Å². The average Bonchev–Trinajstić information content (AvgIpc) is 2.44. The lowest BCUT2D eigenvalue weighted by molar-refractivity contribution is 0.102. The van der Waals surface area contributed by atoms with Crippen molar-refractivity contribution in [3.8, 4) is 0 Å². The van der Waals surface area contributed by atoms with Crippen molar-refractivity contribution in [1.82, 2.24) is 4.98 Å². The minimum absolute atomic E-state index is 0.155. The molecule has 0 saturated carbocycles. The molecule has 0 radical (unpaired) electrons. The van der Waals surface area contributed by atoms with Gasteiger partial charge in [-0.1, -0.05) is 11.6 Å². The molecule has 21 heavy (non-hydrogen) atoms. The Kier molecular flexibility index (Phi) is 5.35. The van der Waals surface area contributed by atoms with Gasteiger partial charge >= 0.3 is 0 Å². The summed E-state index contributed by atoms with van der Waals surface area (Å²) < 4.78 is 14.1. The van der Waals surface area contributed by atoms with Crippen molar-refractivity contribution in [2.45, 2.75) is 6.92 Å². The fourth-order valence-electron chi connectivity index (χ4n) is 1.70. The number of amides is 1. The first-order valence-electron chi connectivity index (χ1n) is 6.17. The van der Waals surface area contributed by atoms with Crippen molar-refractivity contribution in [3.05, 3.63) is 50.4 Å². The lowest BCUT2D eigenvalue weighted by atomic mass is 10.2. The Bertz CT molecular complexity index is 681. The van der Waals surface area contributed by atoms with Gasteiger partial charge in [-0.3, -0.25) is 4.79 Å². The first kappa shape index (κ1) is 16.0. The van der Waals surface area contributed by atoms with Gasteiger partial charge in [-0.05, 0) is 53.8 Å². The Balaban J connectivity index is 2.29. The highest BCUT2D eigenvalue weighted by Gasteiger charge is 2.15. The smallest absolute Gasteiger partial charge is 0.259 e. The topological polar surface area (TPSA) is 54.0 Å². The van der Waals surface area contributed by atoms with Gasteiger partial charge in [-0.2, -0.15) is 0 Å². The van der Waals surface area contributed by atoms with Crippen LogP contribution in [0.4, 0.5) is 15.9 Å². The van der Waals surface area contributed by atoms with Crippen molar-refractivity contribution in [2.24, 2.45) is 0 Å². The molecule has 0 spiro atoms. The van der Waals surface area contributed by atoms with Gasteiger partial charge < -0.3 is 10.6 Å². The fourth-order valence-corrected chi connectivity index (χ4v) is 2.71. The van der Waals surface area contributed by atoms with Crippen LogP contribution >= 0.6 is 34.2 Å². The number of aromatic nitrogens is 1. The normalized spacial score (nSPS) is 10.3. The van der Waals surface area contributed by atoms with Crippen molar-refractivity contribution in [2.75, 3.05) is 17.2 Å². The van der Waals surface area contributed by atoms with Crippen LogP contribution in [0.1, 0.15) is 17.3 Å². The van der Waals surface area contributed by atoms with Crippen molar-refractivity contribution in [1.29, 1.82) is 0 Å². The van der Waals surface area contributed by atoms with Gasteiger partial charge in [0.05, 0.1) is 17.4 Å². The number of hydrogen-bond acceptors (Lipinski definition) is 3. The highest BCUT2D eigenvalue weighted by Crippen LogP contribution is 2.24. The molecule has 1 heterocycles. The molecule has 0 fully saturated rings. The molecule has 2 rings (SSSR count). The van der Waals surface area contributed by atoms with Gasteiger partial charge in [0.1, 0.15) is 11.6 Å². The van der Waals surface area contributed by atoms with E-state index in [1.165, 1.54) is 0 Å². The number of hydrogen-bond donors (Lipinski definition) is 2. The summed E-state index contributed by atoms with van der Waals surface area (Å²) in [6.45, 7) is 2.45. The Hall–Kier alpha value is -1.41. The second kappa shape index (κ2) is 7.04. The average molecular weight is 420 g/mol. The molecule has 0 aliphatic rings.